The zero-order valence-corrected chi connectivity index (χ0v) is 10.2. The van der Waals surface area contributed by atoms with Crippen molar-refractivity contribution >= 4 is 11.9 Å². The van der Waals surface area contributed by atoms with Crippen LogP contribution in [0.1, 0.15) is 11.1 Å². The second-order valence-electron chi connectivity index (χ2n) is 4.01. The molecule has 2 heteroatoms. The lowest BCUT2D eigenvalue weighted by molar-refractivity contribution is 1.02. The largest absolute Gasteiger partial charge is 0.269 e. The minimum Gasteiger partial charge on any atom is -0.269 e. The minimum atomic E-state index is 1.09. The molecule has 0 amide bonds. The lowest BCUT2D eigenvalue weighted by atomic mass is 10.2. The molecule has 17 heavy (non-hydrogen) atoms. The van der Waals surface area contributed by atoms with Crippen molar-refractivity contribution in [1.29, 1.82) is 0 Å². The molecule has 86 valence electrons. The number of hydrogen-bond acceptors (Lipinski definition) is 2. The quantitative estimate of drug-likeness (QED) is 0.576. The van der Waals surface area contributed by atoms with Gasteiger partial charge in [-0.2, -0.15) is 5.10 Å². The standard InChI is InChI=1S/C15H16N2/c1-13-8-10-15(11-9-13)17(2)16-12-14-6-4-3-5-7-14/h3-12H,1-2H3/b16-12+. The summed E-state index contributed by atoms with van der Waals surface area (Å²) in [5.41, 5.74) is 3.45. The fraction of sp³-hybridized carbons (Fsp3) is 0.133. The Morgan fingerprint density at radius 3 is 2.24 bits per heavy atom. The van der Waals surface area contributed by atoms with E-state index < -0.39 is 0 Å². The zero-order valence-electron chi connectivity index (χ0n) is 10.2. The van der Waals surface area contributed by atoms with Crippen molar-refractivity contribution in [2.24, 2.45) is 5.10 Å². The van der Waals surface area contributed by atoms with Gasteiger partial charge >= 0.3 is 0 Å². The Morgan fingerprint density at radius 2 is 1.59 bits per heavy atom. The molecular weight excluding hydrogens is 208 g/mol. The van der Waals surface area contributed by atoms with E-state index in [2.05, 4.69) is 36.3 Å². The minimum absolute atomic E-state index is 1.09. The van der Waals surface area contributed by atoms with Gasteiger partial charge in [-0.25, -0.2) is 0 Å². The monoisotopic (exact) mass is 224 g/mol. The van der Waals surface area contributed by atoms with Gasteiger partial charge in [0.1, 0.15) is 0 Å². The van der Waals surface area contributed by atoms with E-state index in [1.165, 1.54) is 5.56 Å². The maximum atomic E-state index is 4.40. The summed E-state index contributed by atoms with van der Waals surface area (Å²) in [5.74, 6) is 0. The van der Waals surface area contributed by atoms with Crippen LogP contribution in [0, 0.1) is 6.92 Å². The summed E-state index contributed by atoms with van der Waals surface area (Å²) in [4.78, 5) is 0. The van der Waals surface area contributed by atoms with E-state index in [-0.39, 0.29) is 0 Å². The molecule has 0 spiro atoms. The predicted octanol–water partition coefficient (Wildman–Crippen LogP) is 3.47. The van der Waals surface area contributed by atoms with Crippen molar-refractivity contribution < 1.29 is 0 Å². The smallest absolute Gasteiger partial charge is 0.0590 e. The highest BCUT2D eigenvalue weighted by Gasteiger charge is 1.96. The van der Waals surface area contributed by atoms with Gasteiger partial charge in [-0.1, -0.05) is 48.0 Å². The Balaban J connectivity index is 2.09. The van der Waals surface area contributed by atoms with E-state index in [1.807, 2.05) is 48.6 Å². The molecule has 2 aromatic rings. The van der Waals surface area contributed by atoms with E-state index in [0.717, 1.165) is 11.3 Å². The Morgan fingerprint density at radius 1 is 0.941 bits per heavy atom. The third kappa shape index (κ3) is 3.18. The van der Waals surface area contributed by atoms with Gasteiger partial charge in [0.2, 0.25) is 0 Å². The average Bonchev–Trinajstić information content (AvgIpc) is 2.38. The summed E-state index contributed by atoms with van der Waals surface area (Å²) < 4.78 is 0. The number of rotatable bonds is 3. The molecule has 0 fully saturated rings. The Bertz CT molecular complexity index is 486. The van der Waals surface area contributed by atoms with E-state index in [4.69, 9.17) is 0 Å². The Kier molecular flexibility index (Phi) is 3.55. The highest BCUT2D eigenvalue weighted by molar-refractivity contribution is 5.80. The van der Waals surface area contributed by atoms with Crippen molar-refractivity contribution in [3.8, 4) is 0 Å². The number of benzene rings is 2. The predicted molar refractivity (Wildman–Crippen MR) is 73.6 cm³/mol. The fourth-order valence-electron chi connectivity index (χ4n) is 1.52. The average molecular weight is 224 g/mol. The Labute approximate surface area is 102 Å². The van der Waals surface area contributed by atoms with Crippen LogP contribution in [0.15, 0.2) is 59.7 Å². The number of hydrazone groups is 1. The highest BCUT2D eigenvalue weighted by Crippen LogP contribution is 2.13. The van der Waals surface area contributed by atoms with Gasteiger partial charge in [0.25, 0.3) is 0 Å². The van der Waals surface area contributed by atoms with Crippen LogP contribution in [-0.2, 0) is 0 Å². The topological polar surface area (TPSA) is 15.6 Å². The van der Waals surface area contributed by atoms with Gasteiger partial charge in [-0.3, -0.25) is 5.01 Å². The molecule has 0 heterocycles. The van der Waals surface area contributed by atoms with Crippen LogP contribution in [0.4, 0.5) is 5.69 Å². The van der Waals surface area contributed by atoms with Crippen LogP contribution in [0.2, 0.25) is 0 Å². The Hall–Kier alpha value is -2.09. The summed E-state index contributed by atoms with van der Waals surface area (Å²) in [5, 5.41) is 6.27. The normalized spacial score (nSPS) is 10.7. The van der Waals surface area contributed by atoms with E-state index in [1.54, 1.807) is 0 Å². The van der Waals surface area contributed by atoms with Crippen LogP contribution in [0.5, 0.6) is 0 Å². The van der Waals surface area contributed by atoms with Gasteiger partial charge in [-0.15, -0.1) is 0 Å². The van der Waals surface area contributed by atoms with Crippen molar-refractivity contribution in [2.45, 2.75) is 6.92 Å². The summed E-state index contributed by atoms with van der Waals surface area (Å²) in [6.07, 6.45) is 1.86. The van der Waals surface area contributed by atoms with Crippen LogP contribution < -0.4 is 5.01 Å². The second-order valence-corrected chi connectivity index (χ2v) is 4.01. The molecule has 0 bridgehead atoms. The van der Waals surface area contributed by atoms with Gasteiger partial charge in [-0.05, 0) is 24.6 Å². The molecule has 0 radical (unpaired) electrons. The van der Waals surface area contributed by atoms with E-state index in [9.17, 15) is 0 Å². The van der Waals surface area contributed by atoms with Crippen molar-refractivity contribution in [2.75, 3.05) is 12.1 Å². The molecule has 0 aliphatic carbocycles. The van der Waals surface area contributed by atoms with Crippen molar-refractivity contribution in [3.05, 3.63) is 65.7 Å². The maximum absolute atomic E-state index is 4.40. The first-order valence-electron chi connectivity index (χ1n) is 5.65. The first kappa shape index (κ1) is 11.4. The number of aryl methyl sites for hydroxylation is 1. The van der Waals surface area contributed by atoms with Crippen LogP contribution >= 0.6 is 0 Å². The molecule has 2 aromatic carbocycles. The van der Waals surface area contributed by atoms with Crippen molar-refractivity contribution in [1.82, 2.24) is 0 Å². The van der Waals surface area contributed by atoms with Crippen LogP contribution in [0.25, 0.3) is 0 Å². The summed E-state index contributed by atoms with van der Waals surface area (Å²) in [6.45, 7) is 2.08. The molecule has 0 aromatic heterocycles. The molecular formula is C15H16N2. The molecule has 0 aliphatic heterocycles. The molecule has 0 aliphatic rings. The molecule has 2 rings (SSSR count). The first-order chi connectivity index (χ1) is 8.25. The zero-order chi connectivity index (χ0) is 12.1. The van der Waals surface area contributed by atoms with E-state index >= 15 is 0 Å². The van der Waals surface area contributed by atoms with Gasteiger partial charge < -0.3 is 0 Å². The van der Waals surface area contributed by atoms with Crippen LogP contribution in [-0.4, -0.2) is 13.3 Å². The number of hydrogen-bond donors (Lipinski definition) is 0. The van der Waals surface area contributed by atoms with Gasteiger partial charge in [0.15, 0.2) is 0 Å². The molecule has 0 N–H and O–H groups in total. The second kappa shape index (κ2) is 5.30. The lowest BCUT2D eigenvalue weighted by Crippen LogP contribution is -2.08. The first-order valence-corrected chi connectivity index (χ1v) is 5.65. The molecule has 2 nitrogen and oxygen atoms in total. The van der Waals surface area contributed by atoms with Crippen LogP contribution in [0.3, 0.4) is 0 Å². The number of nitrogens with zero attached hydrogens (tertiary/aromatic N) is 2. The van der Waals surface area contributed by atoms with Crippen molar-refractivity contribution in [3.63, 3.8) is 0 Å². The van der Waals surface area contributed by atoms with Gasteiger partial charge in [0.05, 0.1) is 11.9 Å². The highest BCUT2D eigenvalue weighted by atomic mass is 15.4. The SMILES string of the molecule is Cc1ccc(N(C)/N=C/c2ccccc2)cc1. The molecule has 0 saturated carbocycles. The van der Waals surface area contributed by atoms with E-state index in [0.29, 0.717) is 0 Å². The van der Waals surface area contributed by atoms with Gasteiger partial charge in [0, 0.05) is 7.05 Å². The third-order valence-corrected chi connectivity index (χ3v) is 2.59. The molecule has 0 saturated heterocycles. The molecule has 0 atom stereocenters. The summed E-state index contributed by atoms with van der Waals surface area (Å²) in [6, 6.07) is 18.4. The summed E-state index contributed by atoms with van der Waals surface area (Å²) >= 11 is 0. The maximum Gasteiger partial charge on any atom is 0.0590 e. The fourth-order valence-corrected chi connectivity index (χ4v) is 1.52. The third-order valence-electron chi connectivity index (χ3n) is 2.59. The number of anilines is 1. The molecule has 0 unspecified atom stereocenters. The summed E-state index contributed by atoms with van der Waals surface area (Å²) in [7, 11) is 1.95. The lowest BCUT2D eigenvalue weighted by Gasteiger charge is -2.12.